The van der Waals surface area contributed by atoms with Gasteiger partial charge in [0.15, 0.2) is 0 Å². The highest BCUT2D eigenvalue weighted by Gasteiger charge is 2.21. The Bertz CT molecular complexity index is 1040. The fourth-order valence-corrected chi connectivity index (χ4v) is 3.10. The molecule has 0 aliphatic heterocycles. The van der Waals surface area contributed by atoms with E-state index in [4.69, 9.17) is 5.73 Å². The maximum Gasteiger partial charge on any atom is 0.343 e. The van der Waals surface area contributed by atoms with E-state index < -0.39 is 23.2 Å². The maximum absolute atomic E-state index is 12.8. The summed E-state index contributed by atoms with van der Waals surface area (Å²) in [5.41, 5.74) is 6.38. The van der Waals surface area contributed by atoms with Gasteiger partial charge in [-0.15, -0.1) is 0 Å². The minimum atomic E-state index is -1.37. The molecule has 0 saturated carbocycles. The number of fused-ring (bicyclic) bond motifs is 1. The van der Waals surface area contributed by atoms with E-state index in [-0.39, 0.29) is 5.69 Å². The molecule has 4 N–H and O–H groups in total. The summed E-state index contributed by atoms with van der Waals surface area (Å²) in [5.74, 6) is -1.37. The van der Waals surface area contributed by atoms with E-state index in [1.165, 1.54) is 4.57 Å². The molecule has 6 nitrogen and oxygen atoms in total. The van der Waals surface area contributed by atoms with Crippen molar-refractivity contribution in [1.82, 2.24) is 4.57 Å². The highest BCUT2D eigenvalue weighted by atomic mass is 79.9. The van der Waals surface area contributed by atoms with Gasteiger partial charge < -0.3 is 15.9 Å². The predicted octanol–water partition coefficient (Wildman–Crippen LogP) is 3.09. The van der Waals surface area contributed by atoms with Crippen molar-refractivity contribution < 1.29 is 15.0 Å². The number of carboxylic acids is 1. The molecule has 1 atom stereocenters. The van der Waals surface area contributed by atoms with Crippen molar-refractivity contribution in [1.29, 1.82) is 0 Å². The smallest absolute Gasteiger partial charge is 0.343 e. The van der Waals surface area contributed by atoms with Crippen LogP contribution in [0.1, 0.15) is 28.9 Å². The van der Waals surface area contributed by atoms with Gasteiger partial charge in [-0.2, -0.15) is 0 Å². The molecule has 128 valence electrons. The largest absolute Gasteiger partial charge is 0.477 e. The van der Waals surface area contributed by atoms with Crippen LogP contribution < -0.4 is 11.3 Å². The monoisotopic (exact) mass is 402 g/mol. The summed E-state index contributed by atoms with van der Waals surface area (Å²) in [5, 5.41) is 19.5. The number of benzene rings is 2. The standard InChI is InChI=1S/C18H15BrN2O4/c1-9(22)10-2-5-12(6-3-10)21-14-8-11(19)4-7-13(14)16(20)15(17(21)23)18(24)25/h2-9,22H,20H2,1H3,(H,24,25). The first-order valence-corrected chi connectivity index (χ1v) is 8.26. The van der Waals surface area contributed by atoms with Crippen LogP contribution in [0.3, 0.4) is 0 Å². The van der Waals surface area contributed by atoms with Crippen LogP contribution in [0.4, 0.5) is 5.69 Å². The highest BCUT2D eigenvalue weighted by molar-refractivity contribution is 9.10. The van der Waals surface area contributed by atoms with Crippen molar-refractivity contribution in [3.8, 4) is 5.69 Å². The summed E-state index contributed by atoms with van der Waals surface area (Å²) in [7, 11) is 0. The number of aliphatic hydroxyl groups is 1. The lowest BCUT2D eigenvalue weighted by Gasteiger charge is -2.15. The first-order chi connectivity index (χ1) is 11.8. The minimum Gasteiger partial charge on any atom is -0.477 e. The van der Waals surface area contributed by atoms with Crippen LogP contribution in [0.2, 0.25) is 0 Å². The number of halogens is 1. The van der Waals surface area contributed by atoms with Gasteiger partial charge in [0.2, 0.25) is 0 Å². The third kappa shape index (κ3) is 2.92. The van der Waals surface area contributed by atoms with Gasteiger partial charge in [-0.3, -0.25) is 9.36 Å². The summed E-state index contributed by atoms with van der Waals surface area (Å²) >= 11 is 3.36. The Labute approximate surface area is 151 Å². The summed E-state index contributed by atoms with van der Waals surface area (Å²) in [6.45, 7) is 1.64. The third-order valence-corrected chi connectivity index (χ3v) is 4.52. The number of aromatic carboxylic acids is 1. The molecule has 0 radical (unpaired) electrons. The molecule has 2 aromatic carbocycles. The van der Waals surface area contributed by atoms with Crippen molar-refractivity contribution in [2.45, 2.75) is 13.0 Å². The number of aliphatic hydroxyl groups excluding tert-OH is 1. The second-order valence-corrected chi connectivity index (χ2v) is 6.58. The van der Waals surface area contributed by atoms with E-state index in [0.29, 0.717) is 22.2 Å². The topological polar surface area (TPSA) is 106 Å². The maximum atomic E-state index is 12.8. The molecule has 0 spiro atoms. The van der Waals surface area contributed by atoms with Crippen molar-refractivity contribution in [3.63, 3.8) is 0 Å². The molecule has 1 unspecified atom stereocenters. The van der Waals surface area contributed by atoms with E-state index in [1.807, 2.05) is 0 Å². The second-order valence-electron chi connectivity index (χ2n) is 5.66. The molecular formula is C18H15BrN2O4. The van der Waals surface area contributed by atoms with E-state index in [0.717, 1.165) is 4.47 Å². The average Bonchev–Trinajstić information content (AvgIpc) is 2.54. The number of pyridine rings is 1. The average molecular weight is 403 g/mol. The Balaban J connectivity index is 2.42. The lowest BCUT2D eigenvalue weighted by Crippen LogP contribution is -2.27. The number of nitrogen functional groups attached to an aromatic ring is 1. The molecule has 0 bridgehead atoms. The number of hydrogen-bond donors (Lipinski definition) is 3. The quantitative estimate of drug-likeness (QED) is 0.623. The number of hydrogen-bond acceptors (Lipinski definition) is 4. The first-order valence-electron chi connectivity index (χ1n) is 7.46. The van der Waals surface area contributed by atoms with Crippen LogP contribution in [0.5, 0.6) is 0 Å². The molecule has 0 amide bonds. The van der Waals surface area contributed by atoms with Crippen LogP contribution in [0.15, 0.2) is 51.7 Å². The van der Waals surface area contributed by atoms with E-state index in [9.17, 15) is 19.8 Å². The van der Waals surface area contributed by atoms with E-state index in [1.54, 1.807) is 49.4 Å². The summed E-state index contributed by atoms with van der Waals surface area (Å²) < 4.78 is 2.04. The van der Waals surface area contributed by atoms with Gasteiger partial charge >= 0.3 is 5.97 Å². The Morgan fingerprint density at radius 3 is 2.40 bits per heavy atom. The number of carbonyl (C=O) groups is 1. The van der Waals surface area contributed by atoms with Crippen LogP contribution >= 0.6 is 15.9 Å². The van der Waals surface area contributed by atoms with Crippen LogP contribution in [0, 0.1) is 0 Å². The molecule has 0 fully saturated rings. The van der Waals surface area contributed by atoms with Gasteiger partial charge in [-0.25, -0.2) is 4.79 Å². The number of nitrogens with zero attached hydrogens (tertiary/aromatic N) is 1. The van der Waals surface area contributed by atoms with Crippen molar-refractivity contribution >= 4 is 38.5 Å². The van der Waals surface area contributed by atoms with Gasteiger partial charge in [0.25, 0.3) is 5.56 Å². The number of nitrogens with two attached hydrogens (primary N) is 1. The van der Waals surface area contributed by atoms with E-state index in [2.05, 4.69) is 15.9 Å². The van der Waals surface area contributed by atoms with Crippen LogP contribution in [-0.2, 0) is 0 Å². The summed E-state index contributed by atoms with van der Waals surface area (Å²) in [4.78, 5) is 24.4. The van der Waals surface area contributed by atoms with Gasteiger partial charge in [0.05, 0.1) is 17.3 Å². The molecule has 0 aliphatic rings. The van der Waals surface area contributed by atoms with Gasteiger partial charge in [-0.1, -0.05) is 28.1 Å². The molecule has 0 aliphatic carbocycles. The molecule has 7 heteroatoms. The fraction of sp³-hybridized carbons (Fsp3) is 0.111. The Morgan fingerprint density at radius 2 is 1.84 bits per heavy atom. The Morgan fingerprint density at radius 1 is 1.20 bits per heavy atom. The van der Waals surface area contributed by atoms with Crippen molar-refractivity contribution in [2.24, 2.45) is 0 Å². The Kier molecular flexibility index (Phi) is 4.36. The second kappa shape index (κ2) is 6.34. The first kappa shape index (κ1) is 17.2. The minimum absolute atomic E-state index is 0.0585. The molecule has 3 rings (SSSR count). The fourth-order valence-electron chi connectivity index (χ4n) is 2.75. The van der Waals surface area contributed by atoms with Crippen molar-refractivity contribution in [2.75, 3.05) is 5.73 Å². The molecule has 1 heterocycles. The van der Waals surface area contributed by atoms with Gasteiger partial charge in [0.1, 0.15) is 5.56 Å². The zero-order valence-electron chi connectivity index (χ0n) is 13.2. The highest BCUT2D eigenvalue weighted by Crippen LogP contribution is 2.28. The molecule has 25 heavy (non-hydrogen) atoms. The molecule has 3 aromatic rings. The Hall–Kier alpha value is -2.64. The summed E-state index contributed by atoms with van der Waals surface area (Å²) in [6.07, 6.45) is -0.641. The van der Waals surface area contributed by atoms with Crippen molar-refractivity contribution in [3.05, 3.63) is 68.4 Å². The summed E-state index contributed by atoms with van der Waals surface area (Å²) in [6, 6.07) is 11.8. The lowest BCUT2D eigenvalue weighted by atomic mass is 10.1. The number of rotatable bonds is 3. The molecular weight excluding hydrogens is 388 g/mol. The normalized spacial score (nSPS) is 12.3. The number of carboxylic acid groups (broad SMARTS) is 1. The van der Waals surface area contributed by atoms with Crippen LogP contribution in [-0.4, -0.2) is 20.7 Å². The van der Waals surface area contributed by atoms with Gasteiger partial charge in [0, 0.05) is 15.5 Å². The lowest BCUT2D eigenvalue weighted by molar-refractivity contribution is 0.0696. The number of aromatic nitrogens is 1. The zero-order chi connectivity index (χ0) is 18.3. The SMILES string of the molecule is CC(O)c1ccc(-n2c(=O)c(C(=O)O)c(N)c3ccc(Br)cc32)cc1. The third-order valence-electron chi connectivity index (χ3n) is 4.02. The van der Waals surface area contributed by atoms with Gasteiger partial charge in [-0.05, 0) is 42.8 Å². The van der Waals surface area contributed by atoms with E-state index >= 15 is 0 Å². The zero-order valence-corrected chi connectivity index (χ0v) is 14.8. The number of anilines is 1. The molecule has 1 aromatic heterocycles. The molecule has 0 saturated heterocycles. The predicted molar refractivity (Wildman–Crippen MR) is 99.3 cm³/mol. The van der Waals surface area contributed by atoms with Crippen LogP contribution in [0.25, 0.3) is 16.6 Å².